The predicted octanol–water partition coefficient (Wildman–Crippen LogP) is 2.35. The zero-order chi connectivity index (χ0) is 15.4. The number of benzene rings is 1. The van der Waals surface area contributed by atoms with E-state index in [4.69, 9.17) is 14.2 Å². The van der Waals surface area contributed by atoms with Crippen molar-refractivity contribution in [3.8, 4) is 17.4 Å². The van der Waals surface area contributed by atoms with Crippen LogP contribution in [0.4, 0.5) is 0 Å². The van der Waals surface area contributed by atoms with Gasteiger partial charge in [-0.2, -0.15) is 0 Å². The number of aliphatic hydroxyl groups is 1. The number of hydrogen-bond donors (Lipinski definition) is 1. The lowest BCUT2D eigenvalue weighted by atomic mass is 10.0. The second-order valence-corrected chi connectivity index (χ2v) is 4.90. The van der Waals surface area contributed by atoms with Crippen molar-refractivity contribution in [2.24, 2.45) is 0 Å². The molecule has 0 saturated carbocycles. The molecule has 0 aliphatic carbocycles. The Bertz CT molecular complexity index is 619. The highest BCUT2D eigenvalue weighted by atomic mass is 79.9. The van der Waals surface area contributed by atoms with Crippen LogP contribution in [-0.4, -0.2) is 36.6 Å². The Kier molecular flexibility index (Phi) is 4.98. The van der Waals surface area contributed by atoms with E-state index < -0.39 is 6.10 Å². The molecule has 0 aliphatic heterocycles. The second-order valence-electron chi connectivity index (χ2n) is 4.11. The average Bonchev–Trinajstić information content (AvgIpc) is 2.54. The first kappa shape index (κ1) is 15.5. The topological polar surface area (TPSA) is 73.7 Å². The van der Waals surface area contributed by atoms with Gasteiger partial charge in [-0.15, -0.1) is 10.2 Å². The van der Waals surface area contributed by atoms with E-state index in [-0.39, 0.29) is 0 Å². The molecule has 2 rings (SSSR count). The molecule has 6 nitrogen and oxygen atoms in total. The van der Waals surface area contributed by atoms with Crippen LogP contribution in [0.3, 0.4) is 0 Å². The SMILES string of the molecule is COc1ccc(C(O)c2ccc(OC)c(Br)c2OC)nn1. The standard InChI is InChI=1S/C14H15BrN2O4/c1-19-10-6-4-8(14(21-3)12(10)15)13(18)9-5-7-11(20-2)17-16-9/h4-7,13,18H,1-3H3. The summed E-state index contributed by atoms with van der Waals surface area (Å²) in [6.45, 7) is 0. The molecule has 112 valence electrons. The van der Waals surface area contributed by atoms with Crippen LogP contribution in [0.1, 0.15) is 17.4 Å². The Morgan fingerprint density at radius 2 is 1.76 bits per heavy atom. The summed E-state index contributed by atoms with van der Waals surface area (Å²) in [5.41, 5.74) is 0.954. The van der Waals surface area contributed by atoms with Gasteiger partial charge in [0.05, 0.1) is 27.0 Å². The van der Waals surface area contributed by atoms with E-state index in [0.29, 0.717) is 33.1 Å². The van der Waals surface area contributed by atoms with Gasteiger partial charge in [0.1, 0.15) is 22.1 Å². The fourth-order valence-electron chi connectivity index (χ4n) is 1.88. The van der Waals surface area contributed by atoms with E-state index in [1.165, 1.54) is 14.2 Å². The van der Waals surface area contributed by atoms with Gasteiger partial charge in [0.2, 0.25) is 5.88 Å². The van der Waals surface area contributed by atoms with Gasteiger partial charge in [0.15, 0.2) is 0 Å². The van der Waals surface area contributed by atoms with Crippen molar-refractivity contribution in [3.05, 3.63) is 40.0 Å². The number of halogens is 1. The number of hydrogen-bond acceptors (Lipinski definition) is 6. The maximum atomic E-state index is 10.5. The van der Waals surface area contributed by atoms with Crippen LogP contribution in [0.25, 0.3) is 0 Å². The average molecular weight is 355 g/mol. The molecule has 0 fully saturated rings. The van der Waals surface area contributed by atoms with Crippen molar-refractivity contribution in [1.82, 2.24) is 10.2 Å². The van der Waals surface area contributed by atoms with Gasteiger partial charge in [-0.3, -0.25) is 0 Å². The van der Waals surface area contributed by atoms with Gasteiger partial charge in [0, 0.05) is 11.6 Å². The molecule has 0 amide bonds. The van der Waals surface area contributed by atoms with E-state index in [2.05, 4.69) is 26.1 Å². The molecule has 0 bridgehead atoms. The minimum Gasteiger partial charge on any atom is -0.495 e. The summed E-state index contributed by atoms with van der Waals surface area (Å²) in [6, 6.07) is 6.74. The number of aromatic nitrogens is 2. The van der Waals surface area contributed by atoms with E-state index in [9.17, 15) is 5.11 Å². The fraction of sp³-hybridized carbons (Fsp3) is 0.286. The Labute approximate surface area is 130 Å². The van der Waals surface area contributed by atoms with Crippen LogP contribution in [0.15, 0.2) is 28.7 Å². The van der Waals surface area contributed by atoms with Crippen molar-refractivity contribution in [2.75, 3.05) is 21.3 Å². The third-order valence-corrected chi connectivity index (χ3v) is 3.71. The summed E-state index contributed by atoms with van der Waals surface area (Å²) in [6.07, 6.45) is -0.972. The van der Waals surface area contributed by atoms with Gasteiger partial charge < -0.3 is 19.3 Å². The second kappa shape index (κ2) is 6.73. The summed E-state index contributed by atoms with van der Waals surface area (Å²) in [4.78, 5) is 0. The molecule has 2 aromatic rings. The van der Waals surface area contributed by atoms with Crippen LogP contribution in [-0.2, 0) is 0 Å². The highest BCUT2D eigenvalue weighted by Gasteiger charge is 2.21. The number of ether oxygens (including phenoxy) is 3. The first-order valence-corrected chi connectivity index (χ1v) is 6.87. The lowest BCUT2D eigenvalue weighted by molar-refractivity contribution is 0.207. The quantitative estimate of drug-likeness (QED) is 0.888. The summed E-state index contributed by atoms with van der Waals surface area (Å²) in [5.74, 6) is 1.48. The maximum Gasteiger partial charge on any atom is 0.233 e. The molecular formula is C14H15BrN2O4. The van der Waals surface area contributed by atoms with E-state index in [0.717, 1.165) is 0 Å². The number of methoxy groups -OCH3 is 3. The van der Waals surface area contributed by atoms with Gasteiger partial charge in [0.25, 0.3) is 0 Å². The molecule has 0 aliphatic rings. The molecule has 1 aromatic carbocycles. The third kappa shape index (κ3) is 3.08. The van der Waals surface area contributed by atoms with Crippen molar-refractivity contribution >= 4 is 15.9 Å². The smallest absolute Gasteiger partial charge is 0.233 e. The molecule has 0 spiro atoms. The zero-order valence-corrected chi connectivity index (χ0v) is 13.4. The lowest BCUT2D eigenvalue weighted by Crippen LogP contribution is -2.06. The predicted molar refractivity (Wildman–Crippen MR) is 79.9 cm³/mol. The van der Waals surface area contributed by atoms with Gasteiger partial charge in [-0.05, 0) is 34.1 Å². The van der Waals surface area contributed by atoms with Crippen LogP contribution in [0.2, 0.25) is 0 Å². The molecule has 1 atom stereocenters. The fourth-order valence-corrected chi connectivity index (χ4v) is 2.56. The number of aliphatic hydroxyl groups excluding tert-OH is 1. The molecule has 0 radical (unpaired) electrons. The molecule has 1 N–H and O–H groups in total. The highest BCUT2D eigenvalue weighted by Crippen LogP contribution is 2.40. The first-order valence-electron chi connectivity index (χ1n) is 6.08. The molecule has 21 heavy (non-hydrogen) atoms. The van der Waals surface area contributed by atoms with E-state index in [1.54, 1.807) is 31.4 Å². The van der Waals surface area contributed by atoms with Crippen molar-refractivity contribution in [2.45, 2.75) is 6.10 Å². The monoisotopic (exact) mass is 354 g/mol. The summed E-state index contributed by atoms with van der Waals surface area (Å²) >= 11 is 3.40. The molecule has 1 unspecified atom stereocenters. The Balaban J connectivity index is 2.42. The molecule has 0 saturated heterocycles. The molecule has 7 heteroatoms. The zero-order valence-electron chi connectivity index (χ0n) is 11.8. The molecule has 1 heterocycles. The van der Waals surface area contributed by atoms with Gasteiger partial charge in [-0.25, -0.2) is 0 Å². The van der Waals surface area contributed by atoms with Crippen molar-refractivity contribution in [3.63, 3.8) is 0 Å². The van der Waals surface area contributed by atoms with Crippen molar-refractivity contribution in [1.29, 1.82) is 0 Å². The minimum atomic E-state index is -0.972. The van der Waals surface area contributed by atoms with E-state index >= 15 is 0 Å². The Morgan fingerprint density at radius 1 is 1.00 bits per heavy atom. The Morgan fingerprint density at radius 3 is 2.29 bits per heavy atom. The summed E-state index contributed by atoms with van der Waals surface area (Å²) < 4.78 is 16.1. The van der Waals surface area contributed by atoms with Crippen LogP contribution < -0.4 is 14.2 Å². The number of nitrogens with zero attached hydrogens (tertiary/aromatic N) is 2. The maximum absolute atomic E-state index is 10.5. The van der Waals surface area contributed by atoms with Gasteiger partial charge in [-0.1, -0.05) is 0 Å². The Hall–Kier alpha value is -1.86. The minimum absolute atomic E-state index is 0.383. The summed E-state index contributed by atoms with van der Waals surface area (Å²) in [5, 5.41) is 18.3. The first-order chi connectivity index (χ1) is 10.1. The normalized spacial score (nSPS) is 11.9. The molecular weight excluding hydrogens is 340 g/mol. The van der Waals surface area contributed by atoms with Crippen LogP contribution in [0, 0.1) is 0 Å². The lowest BCUT2D eigenvalue weighted by Gasteiger charge is -2.17. The summed E-state index contributed by atoms with van der Waals surface area (Å²) in [7, 11) is 4.59. The highest BCUT2D eigenvalue weighted by molar-refractivity contribution is 9.10. The largest absolute Gasteiger partial charge is 0.495 e. The molecule has 1 aromatic heterocycles. The van der Waals surface area contributed by atoms with Crippen LogP contribution >= 0.6 is 15.9 Å². The van der Waals surface area contributed by atoms with Crippen LogP contribution in [0.5, 0.6) is 17.4 Å². The van der Waals surface area contributed by atoms with E-state index in [1.807, 2.05) is 0 Å². The number of rotatable bonds is 5. The third-order valence-electron chi connectivity index (χ3n) is 2.96. The van der Waals surface area contributed by atoms with Crippen molar-refractivity contribution < 1.29 is 19.3 Å². The van der Waals surface area contributed by atoms with Gasteiger partial charge >= 0.3 is 0 Å².